The van der Waals surface area contributed by atoms with Crippen molar-refractivity contribution in [3.63, 3.8) is 0 Å². The monoisotopic (exact) mass is 314 g/mol. The number of hydrogen-bond donors (Lipinski definition) is 1. The molecule has 0 heterocycles. The lowest BCUT2D eigenvalue weighted by Crippen LogP contribution is -2.33. The number of halogens is 1. The summed E-state index contributed by atoms with van der Waals surface area (Å²) in [5, 5.41) is 9.37. The van der Waals surface area contributed by atoms with Crippen molar-refractivity contribution in [2.45, 2.75) is 35.4 Å². The molecule has 0 bridgehead atoms. The number of benzene rings is 1. The molecule has 0 spiro atoms. The van der Waals surface area contributed by atoms with Crippen molar-refractivity contribution in [1.82, 2.24) is 4.72 Å². The number of thioether (sulfide) groups is 1. The maximum atomic E-state index is 13.5. The van der Waals surface area contributed by atoms with Crippen LogP contribution in [0.2, 0.25) is 0 Å². The summed E-state index contributed by atoms with van der Waals surface area (Å²) < 4.78 is 40.6. The predicted octanol–water partition coefficient (Wildman–Crippen LogP) is 2.26. The number of nitrogens with one attached hydrogen (secondary N) is 1. The van der Waals surface area contributed by atoms with Crippen LogP contribution in [-0.2, 0) is 10.0 Å². The fraction of sp³-hybridized carbons (Fsp3) is 0.462. The molecule has 20 heavy (non-hydrogen) atoms. The smallest absolute Gasteiger partial charge is 0.208 e. The minimum Gasteiger partial charge on any atom is -0.208 e. The summed E-state index contributed by atoms with van der Waals surface area (Å²) in [5.74, 6) is -0.816. The Morgan fingerprint density at radius 2 is 2.20 bits per heavy atom. The second-order valence-corrected chi connectivity index (χ2v) is 7.53. The Hall–Kier alpha value is -1.10. The molecule has 2 rings (SSSR count). The van der Waals surface area contributed by atoms with Gasteiger partial charge in [0.25, 0.3) is 0 Å². The molecule has 0 radical (unpaired) electrons. The van der Waals surface area contributed by atoms with E-state index in [0.717, 1.165) is 25.3 Å². The molecule has 1 fully saturated rings. The average molecular weight is 314 g/mol. The summed E-state index contributed by atoms with van der Waals surface area (Å²) in [5.41, 5.74) is -0.431. The third-order valence-corrected chi connectivity index (χ3v) is 6.07. The average Bonchev–Trinajstić information content (AvgIpc) is 2.85. The van der Waals surface area contributed by atoms with E-state index in [1.807, 2.05) is 6.26 Å². The molecule has 1 saturated carbocycles. The van der Waals surface area contributed by atoms with Crippen LogP contribution in [0, 0.1) is 17.1 Å². The summed E-state index contributed by atoms with van der Waals surface area (Å²) in [6.45, 7) is 0. The highest BCUT2D eigenvalue weighted by molar-refractivity contribution is 7.99. The first-order valence-electron chi connectivity index (χ1n) is 6.21. The third kappa shape index (κ3) is 3.14. The van der Waals surface area contributed by atoms with Crippen LogP contribution in [0.4, 0.5) is 4.39 Å². The van der Waals surface area contributed by atoms with Gasteiger partial charge < -0.3 is 0 Å². The number of hydrogen-bond acceptors (Lipinski definition) is 4. The van der Waals surface area contributed by atoms with Crippen LogP contribution in [0.5, 0.6) is 0 Å². The topological polar surface area (TPSA) is 70.0 Å². The van der Waals surface area contributed by atoms with Crippen molar-refractivity contribution in [2.24, 2.45) is 0 Å². The molecule has 4 nitrogen and oxygen atoms in total. The number of nitriles is 1. The minimum absolute atomic E-state index is 0.146. The molecular weight excluding hydrogens is 299 g/mol. The van der Waals surface area contributed by atoms with Gasteiger partial charge in [-0.25, -0.2) is 17.5 Å². The standard InChI is InChI=1S/C13H15FN2O2S2/c1-19-10-6-5-9(7-10)16-20(17,18)13-4-2-3-12(14)11(13)8-15/h2-4,9-10,16H,5-7H2,1H3/t9-,10-/m1/s1. The van der Waals surface area contributed by atoms with Gasteiger partial charge in [-0.3, -0.25) is 0 Å². The second-order valence-electron chi connectivity index (χ2n) is 4.71. The molecule has 108 valence electrons. The molecule has 0 amide bonds. The largest absolute Gasteiger partial charge is 0.242 e. The van der Waals surface area contributed by atoms with Crippen molar-refractivity contribution in [1.29, 1.82) is 5.26 Å². The Labute approximate surface area is 122 Å². The van der Waals surface area contributed by atoms with Gasteiger partial charge in [-0.15, -0.1) is 0 Å². The molecule has 0 saturated heterocycles. The first-order valence-corrected chi connectivity index (χ1v) is 8.98. The van der Waals surface area contributed by atoms with Crippen LogP contribution in [0.3, 0.4) is 0 Å². The van der Waals surface area contributed by atoms with E-state index in [9.17, 15) is 12.8 Å². The number of nitrogens with zero attached hydrogens (tertiary/aromatic N) is 1. The van der Waals surface area contributed by atoms with Crippen molar-refractivity contribution in [3.05, 3.63) is 29.6 Å². The van der Waals surface area contributed by atoms with Crippen LogP contribution in [0.1, 0.15) is 24.8 Å². The van der Waals surface area contributed by atoms with Crippen LogP contribution in [-0.4, -0.2) is 26.0 Å². The highest BCUT2D eigenvalue weighted by atomic mass is 32.2. The molecule has 2 atom stereocenters. The molecule has 1 aliphatic rings. The zero-order chi connectivity index (χ0) is 14.8. The van der Waals surface area contributed by atoms with E-state index in [1.165, 1.54) is 12.1 Å². The van der Waals surface area contributed by atoms with Gasteiger partial charge in [0.2, 0.25) is 10.0 Å². The highest BCUT2D eigenvalue weighted by Crippen LogP contribution is 2.29. The molecule has 0 unspecified atom stereocenters. The molecule has 1 aromatic carbocycles. The Morgan fingerprint density at radius 1 is 1.45 bits per heavy atom. The Bertz CT molecular complexity index is 640. The van der Waals surface area contributed by atoms with Gasteiger partial charge in [0.15, 0.2) is 0 Å². The van der Waals surface area contributed by atoms with E-state index in [2.05, 4.69) is 4.72 Å². The summed E-state index contributed by atoms with van der Waals surface area (Å²) in [6.07, 6.45) is 4.49. The fourth-order valence-electron chi connectivity index (χ4n) is 2.38. The SMILES string of the molecule is CS[C@@H]1CC[C@@H](NS(=O)(=O)c2cccc(F)c2C#N)C1. The first kappa shape index (κ1) is 15.3. The summed E-state index contributed by atoms with van der Waals surface area (Å²) >= 11 is 1.72. The normalized spacial score (nSPS) is 22.6. The van der Waals surface area contributed by atoms with Gasteiger partial charge in [0, 0.05) is 11.3 Å². The van der Waals surface area contributed by atoms with Crippen LogP contribution >= 0.6 is 11.8 Å². The molecule has 1 aromatic rings. The van der Waals surface area contributed by atoms with Crippen molar-refractivity contribution >= 4 is 21.8 Å². The van der Waals surface area contributed by atoms with E-state index in [4.69, 9.17) is 5.26 Å². The summed E-state index contributed by atoms with van der Waals surface area (Å²) in [6, 6.07) is 5.10. The Balaban J connectivity index is 2.24. The van der Waals surface area contributed by atoms with Gasteiger partial charge >= 0.3 is 0 Å². The van der Waals surface area contributed by atoms with E-state index in [0.29, 0.717) is 5.25 Å². The van der Waals surface area contributed by atoms with Crippen LogP contribution in [0.25, 0.3) is 0 Å². The van der Waals surface area contributed by atoms with Crippen LogP contribution < -0.4 is 4.72 Å². The molecule has 1 aliphatic carbocycles. The zero-order valence-corrected chi connectivity index (χ0v) is 12.6. The van der Waals surface area contributed by atoms with Crippen molar-refractivity contribution in [2.75, 3.05) is 6.26 Å². The zero-order valence-electron chi connectivity index (χ0n) is 11.0. The number of rotatable bonds is 4. The highest BCUT2D eigenvalue weighted by Gasteiger charge is 2.29. The van der Waals surface area contributed by atoms with Gasteiger partial charge in [-0.1, -0.05) is 6.07 Å². The molecule has 0 aliphatic heterocycles. The van der Waals surface area contributed by atoms with Gasteiger partial charge in [0.1, 0.15) is 22.3 Å². The van der Waals surface area contributed by atoms with Gasteiger partial charge in [0.05, 0.1) is 0 Å². The Kier molecular flexibility index (Phi) is 4.68. The molecule has 1 N–H and O–H groups in total. The third-order valence-electron chi connectivity index (χ3n) is 3.42. The first-order chi connectivity index (χ1) is 9.47. The Morgan fingerprint density at radius 3 is 2.80 bits per heavy atom. The minimum atomic E-state index is -3.86. The lowest BCUT2D eigenvalue weighted by atomic mass is 10.2. The summed E-state index contributed by atoms with van der Waals surface area (Å²) in [4.78, 5) is -0.285. The van der Waals surface area contributed by atoms with Crippen LogP contribution in [0.15, 0.2) is 23.1 Å². The lowest BCUT2D eigenvalue weighted by Gasteiger charge is -2.14. The van der Waals surface area contributed by atoms with Crippen molar-refractivity contribution in [3.8, 4) is 6.07 Å². The van der Waals surface area contributed by atoms with E-state index in [-0.39, 0.29) is 10.9 Å². The molecule has 7 heteroatoms. The predicted molar refractivity (Wildman–Crippen MR) is 76.4 cm³/mol. The molecule has 0 aromatic heterocycles. The second kappa shape index (κ2) is 6.12. The quantitative estimate of drug-likeness (QED) is 0.925. The fourth-order valence-corrected chi connectivity index (χ4v) is 4.63. The number of sulfonamides is 1. The maximum Gasteiger partial charge on any atom is 0.242 e. The van der Waals surface area contributed by atoms with Gasteiger partial charge in [-0.2, -0.15) is 17.0 Å². The maximum absolute atomic E-state index is 13.5. The van der Waals surface area contributed by atoms with Crippen molar-refractivity contribution < 1.29 is 12.8 Å². The molecular formula is C13H15FN2O2S2. The lowest BCUT2D eigenvalue weighted by molar-refractivity contribution is 0.550. The van der Waals surface area contributed by atoms with Gasteiger partial charge in [-0.05, 0) is 37.7 Å². The van der Waals surface area contributed by atoms with E-state index in [1.54, 1.807) is 17.8 Å². The van der Waals surface area contributed by atoms with E-state index >= 15 is 0 Å². The van der Waals surface area contributed by atoms with E-state index < -0.39 is 21.4 Å². The summed E-state index contributed by atoms with van der Waals surface area (Å²) in [7, 11) is -3.86.